The smallest absolute Gasteiger partial charge is 0.107 e. The zero-order chi connectivity index (χ0) is 10.7. The van der Waals surface area contributed by atoms with Crippen molar-refractivity contribution >= 4 is 0 Å². The van der Waals surface area contributed by atoms with E-state index in [0.29, 0.717) is 12.3 Å². The van der Waals surface area contributed by atoms with Gasteiger partial charge >= 0.3 is 0 Å². The summed E-state index contributed by atoms with van der Waals surface area (Å²) < 4.78 is 5.52. The van der Waals surface area contributed by atoms with Crippen LogP contribution in [0.15, 0.2) is 42.7 Å². The minimum Gasteiger partial charge on any atom is -0.498 e. The van der Waals surface area contributed by atoms with E-state index < -0.39 is 0 Å². The van der Waals surface area contributed by atoms with Crippen LogP contribution in [0.1, 0.15) is 24.8 Å². The second kappa shape index (κ2) is 4.49. The molecular formula is C13H16O2. The molecule has 2 nitrogen and oxygen atoms in total. The summed E-state index contributed by atoms with van der Waals surface area (Å²) in [4.78, 5) is 0. The molecule has 0 aliphatic carbocycles. The van der Waals surface area contributed by atoms with Gasteiger partial charge in [0, 0.05) is 12.3 Å². The lowest BCUT2D eigenvalue weighted by atomic mass is 9.91. The van der Waals surface area contributed by atoms with Gasteiger partial charge in [0.05, 0.1) is 12.4 Å². The molecule has 1 heterocycles. The Morgan fingerprint density at radius 3 is 2.73 bits per heavy atom. The van der Waals surface area contributed by atoms with E-state index in [1.54, 1.807) is 12.3 Å². The third-order valence-corrected chi connectivity index (χ3v) is 2.91. The molecule has 0 unspecified atom stereocenters. The van der Waals surface area contributed by atoms with E-state index in [4.69, 9.17) is 4.74 Å². The molecular weight excluding hydrogens is 188 g/mol. The van der Waals surface area contributed by atoms with Gasteiger partial charge < -0.3 is 9.84 Å². The van der Waals surface area contributed by atoms with Crippen LogP contribution in [0.25, 0.3) is 0 Å². The fourth-order valence-electron chi connectivity index (χ4n) is 1.90. The summed E-state index contributed by atoms with van der Waals surface area (Å²) in [6.07, 6.45) is 3.68. The van der Waals surface area contributed by atoms with Crippen molar-refractivity contribution < 1.29 is 9.84 Å². The Bertz CT molecular complexity index is 332. The van der Waals surface area contributed by atoms with Gasteiger partial charge in [0.15, 0.2) is 0 Å². The zero-order valence-corrected chi connectivity index (χ0v) is 8.84. The van der Waals surface area contributed by atoms with Gasteiger partial charge in [-0.3, -0.25) is 0 Å². The summed E-state index contributed by atoms with van der Waals surface area (Å²) in [5.41, 5.74) is 1.25. The number of aliphatic hydroxyl groups excluding tert-OH is 1. The normalized spacial score (nSPS) is 27.1. The average Bonchev–Trinajstić information content (AvgIpc) is 2.29. The fraction of sp³-hybridized carbons (Fsp3) is 0.385. The van der Waals surface area contributed by atoms with Gasteiger partial charge in [0.2, 0.25) is 0 Å². The third-order valence-electron chi connectivity index (χ3n) is 2.91. The SMILES string of the molecule is C[C@H](c1ccccc1)[C@@H]1C[C@@H](O)C=CO1. The van der Waals surface area contributed by atoms with Gasteiger partial charge in [-0.05, 0) is 11.6 Å². The first kappa shape index (κ1) is 10.2. The van der Waals surface area contributed by atoms with Crippen LogP contribution < -0.4 is 0 Å². The first-order valence-corrected chi connectivity index (χ1v) is 5.32. The van der Waals surface area contributed by atoms with Gasteiger partial charge in [-0.15, -0.1) is 0 Å². The molecule has 0 amide bonds. The van der Waals surface area contributed by atoms with E-state index in [0.717, 1.165) is 0 Å². The number of rotatable bonds is 2. The van der Waals surface area contributed by atoms with Gasteiger partial charge in [0.1, 0.15) is 6.10 Å². The Hall–Kier alpha value is -1.28. The van der Waals surface area contributed by atoms with Crippen LogP contribution in [0.3, 0.4) is 0 Å². The molecule has 1 aromatic rings. The van der Waals surface area contributed by atoms with E-state index in [9.17, 15) is 5.11 Å². The number of hydrogen-bond donors (Lipinski definition) is 1. The van der Waals surface area contributed by atoms with Gasteiger partial charge in [-0.25, -0.2) is 0 Å². The van der Waals surface area contributed by atoms with Crippen LogP contribution in [0.2, 0.25) is 0 Å². The Morgan fingerprint density at radius 2 is 2.07 bits per heavy atom. The van der Waals surface area contributed by atoms with E-state index in [1.807, 2.05) is 18.2 Å². The summed E-state index contributed by atoms with van der Waals surface area (Å²) in [6.45, 7) is 2.13. The highest BCUT2D eigenvalue weighted by atomic mass is 16.5. The standard InChI is InChI=1S/C13H16O2/c1-10(11-5-3-2-4-6-11)13-9-12(14)7-8-15-13/h2-8,10,12-14H,9H2,1H3/t10-,12+,13+/m1/s1. The van der Waals surface area contributed by atoms with Crippen molar-refractivity contribution in [1.82, 2.24) is 0 Å². The van der Waals surface area contributed by atoms with Crippen molar-refractivity contribution in [2.75, 3.05) is 0 Å². The molecule has 80 valence electrons. The Labute approximate surface area is 90.2 Å². The lowest BCUT2D eigenvalue weighted by Gasteiger charge is -2.28. The van der Waals surface area contributed by atoms with E-state index in [1.165, 1.54) is 5.56 Å². The van der Waals surface area contributed by atoms with Crippen LogP contribution in [0, 0.1) is 0 Å². The Balaban J connectivity index is 2.08. The second-order valence-electron chi connectivity index (χ2n) is 4.01. The summed E-state index contributed by atoms with van der Waals surface area (Å²) in [7, 11) is 0. The first-order valence-electron chi connectivity index (χ1n) is 5.32. The molecule has 2 rings (SSSR count). The maximum Gasteiger partial charge on any atom is 0.107 e. The van der Waals surface area contributed by atoms with Gasteiger partial charge in [-0.2, -0.15) is 0 Å². The van der Waals surface area contributed by atoms with Crippen LogP contribution in [0.4, 0.5) is 0 Å². The number of ether oxygens (including phenoxy) is 1. The molecule has 1 aromatic carbocycles. The Kier molecular flexibility index (Phi) is 3.07. The highest BCUT2D eigenvalue weighted by molar-refractivity contribution is 5.20. The summed E-state index contributed by atoms with van der Waals surface area (Å²) in [5, 5.41) is 9.51. The molecule has 0 fully saturated rings. The number of benzene rings is 1. The lowest BCUT2D eigenvalue weighted by molar-refractivity contribution is 0.0502. The molecule has 3 atom stereocenters. The third kappa shape index (κ3) is 2.39. The van der Waals surface area contributed by atoms with Crippen molar-refractivity contribution in [2.45, 2.75) is 31.5 Å². The molecule has 15 heavy (non-hydrogen) atoms. The lowest BCUT2D eigenvalue weighted by Crippen LogP contribution is -2.26. The zero-order valence-electron chi connectivity index (χ0n) is 8.84. The molecule has 0 saturated heterocycles. The van der Waals surface area contributed by atoms with Crippen molar-refractivity contribution in [1.29, 1.82) is 0 Å². The van der Waals surface area contributed by atoms with Crippen molar-refractivity contribution in [3.63, 3.8) is 0 Å². The second-order valence-corrected chi connectivity index (χ2v) is 4.01. The molecule has 1 aliphatic heterocycles. The number of hydrogen-bond acceptors (Lipinski definition) is 2. The highest BCUT2D eigenvalue weighted by Crippen LogP contribution is 2.26. The molecule has 0 radical (unpaired) electrons. The molecule has 1 N–H and O–H groups in total. The summed E-state index contributed by atoms with van der Waals surface area (Å²) >= 11 is 0. The topological polar surface area (TPSA) is 29.5 Å². The molecule has 0 saturated carbocycles. The molecule has 0 aromatic heterocycles. The Morgan fingerprint density at radius 1 is 1.33 bits per heavy atom. The molecule has 2 heteroatoms. The van der Waals surface area contributed by atoms with Crippen LogP contribution in [-0.4, -0.2) is 17.3 Å². The number of aliphatic hydroxyl groups is 1. The first-order chi connectivity index (χ1) is 7.27. The molecule has 0 bridgehead atoms. The van der Waals surface area contributed by atoms with Crippen molar-refractivity contribution in [3.05, 3.63) is 48.2 Å². The highest BCUT2D eigenvalue weighted by Gasteiger charge is 2.24. The summed E-state index contributed by atoms with van der Waals surface area (Å²) in [6, 6.07) is 10.3. The predicted octanol–water partition coefficient (Wildman–Crippen LogP) is 2.45. The maximum atomic E-state index is 9.51. The monoisotopic (exact) mass is 204 g/mol. The molecule has 1 aliphatic rings. The minimum absolute atomic E-state index is 0.0763. The fourth-order valence-corrected chi connectivity index (χ4v) is 1.90. The van der Waals surface area contributed by atoms with Crippen LogP contribution >= 0.6 is 0 Å². The maximum absolute atomic E-state index is 9.51. The van der Waals surface area contributed by atoms with Crippen molar-refractivity contribution in [3.8, 4) is 0 Å². The van der Waals surface area contributed by atoms with Crippen LogP contribution in [-0.2, 0) is 4.74 Å². The van der Waals surface area contributed by atoms with Gasteiger partial charge in [-0.1, -0.05) is 37.3 Å². The predicted molar refractivity (Wildman–Crippen MR) is 59.5 cm³/mol. The quantitative estimate of drug-likeness (QED) is 0.801. The largest absolute Gasteiger partial charge is 0.498 e. The molecule has 0 spiro atoms. The van der Waals surface area contributed by atoms with E-state index in [2.05, 4.69) is 19.1 Å². The average molecular weight is 204 g/mol. The van der Waals surface area contributed by atoms with E-state index >= 15 is 0 Å². The minimum atomic E-state index is -0.366. The van der Waals surface area contributed by atoms with Gasteiger partial charge in [0.25, 0.3) is 0 Å². The van der Waals surface area contributed by atoms with Crippen molar-refractivity contribution in [2.24, 2.45) is 0 Å². The van der Waals surface area contributed by atoms with Crippen LogP contribution in [0.5, 0.6) is 0 Å². The van der Waals surface area contributed by atoms with E-state index in [-0.39, 0.29) is 12.2 Å². The summed E-state index contributed by atoms with van der Waals surface area (Å²) in [5.74, 6) is 0.311.